The number of carbonyl (C=O) groups excluding carboxylic acids is 2. The molecule has 0 saturated heterocycles. The van der Waals surface area contributed by atoms with E-state index in [-0.39, 0.29) is 24.3 Å². The number of H-pyrrole nitrogens is 1. The average molecular weight is 415 g/mol. The second kappa shape index (κ2) is 8.55. The van der Waals surface area contributed by atoms with Crippen LogP contribution >= 0.6 is 0 Å². The Bertz CT molecular complexity index is 1150. The van der Waals surface area contributed by atoms with Crippen LogP contribution in [0.3, 0.4) is 0 Å². The number of amides is 2. The lowest BCUT2D eigenvalue weighted by molar-refractivity contribution is -0.119. The topological polar surface area (TPSA) is 90.4 Å². The fourth-order valence-electron chi connectivity index (χ4n) is 3.52. The van der Waals surface area contributed by atoms with Crippen molar-refractivity contribution in [2.75, 3.05) is 5.01 Å². The third kappa shape index (κ3) is 4.40. The molecule has 31 heavy (non-hydrogen) atoms. The Labute approximate surface area is 181 Å². The van der Waals surface area contributed by atoms with Gasteiger partial charge in [0.1, 0.15) is 11.5 Å². The predicted octanol–water partition coefficient (Wildman–Crippen LogP) is 4.05. The summed E-state index contributed by atoms with van der Waals surface area (Å²) in [5, 5.41) is 8.69. The van der Waals surface area contributed by atoms with E-state index in [0.717, 1.165) is 22.4 Å². The summed E-state index contributed by atoms with van der Waals surface area (Å²) < 4.78 is 0. The lowest BCUT2D eigenvalue weighted by atomic mass is 10.1. The number of rotatable bonds is 5. The molecule has 2 heterocycles. The Morgan fingerprint density at radius 2 is 1.90 bits per heavy atom. The summed E-state index contributed by atoms with van der Waals surface area (Å²) in [4.78, 5) is 33.0. The molecule has 7 heteroatoms. The van der Waals surface area contributed by atoms with Crippen LogP contribution < -0.4 is 10.3 Å². The van der Waals surface area contributed by atoms with Crippen molar-refractivity contribution in [2.24, 2.45) is 5.10 Å². The molecule has 7 nitrogen and oxygen atoms in total. The fourth-order valence-corrected chi connectivity index (χ4v) is 3.52. The van der Waals surface area contributed by atoms with Crippen LogP contribution in [0, 0.1) is 13.8 Å². The van der Waals surface area contributed by atoms with Crippen molar-refractivity contribution >= 4 is 23.2 Å². The highest BCUT2D eigenvalue weighted by molar-refractivity contribution is 6.40. The monoisotopic (exact) mass is 415 g/mol. The first-order chi connectivity index (χ1) is 14.9. The average Bonchev–Trinajstić information content (AvgIpc) is 3.27. The fraction of sp³-hybridized carbons (Fsp3) is 0.250. The van der Waals surface area contributed by atoms with E-state index in [2.05, 4.69) is 20.4 Å². The van der Waals surface area contributed by atoms with Gasteiger partial charge in [0.25, 0.3) is 5.91 Å². The van der Waals surface area contributed by atoms with Gasteiger partial charge in [-0.1, -0.05) is 42.5 Å². The van der Waals surface area contributed by atoms with Gasteiger partial charge < -0.3 is 10.3 Å². The zero-order chi connectivity index (χ0) is 22.0. The molecule has 1 aliphatic heterocycles. The zero-order valence-electron chi connectivity index (χ0n) is 17.8. The summed E-state index contributed by atoms with van der Waals surface area (Å²) in [5.41, 5.74) is 4.92. The number of aromatic amines is 1. The largest absolute Gasteiger partial charge is 0.341 e. The van der Waals surface area contributed by atoms with Gasteiger partial charge in [0, 0.05) is 12.8 Å². The van der Waals surface area contributed by atoms with Gasteiger partial charge in [-0.15, -0.1) is 0 Å². The molecule has 0 spiro atoms. The summed E-state index contributed by atoms with van der Waals surface area (Å²) in [5.74, 6) is 0.246. The molecule has 1 unspecified atom stereocenters. The lowest BCUT2D eigenvalue weighted by Crippen LogP contribution is -2.40. The molecule has 158 valence electrons. The van der Waals surface area contributed by atoms with Crippen LogP contribution in [0.25, 0.3) is 11.3 Å². The normalized spacial score (nSPS) is 14.9. The molecule has 0 bridgehead atoms. The number of benzene rings is 2. The van der Waals surface area contributed by atoms with Crippen LogP contribution in [-0.4, -0.2) is 27.5 Å². The van der Waals surface area contributed by atoms with Crippen molar-refractivity contribution in [1.82, 2.24) is 15.3 Å². The van der Waals surface area contributed by atoms with Gasteiger partial charge in [0.2, 0.25) is 5.91 Å². The summed E-state index contributed by atoms with van der Waals surface area (Å²) in [6.07, 6.45) is 2.31. The van der Waals surface area contributed by atoms with Crippen LogP contribution in [0.2, 0.25) is 0 Å². The standard InChI is InChI=1S/C24H25N5O2/c1-15-9-10-16(2)21(13-15)29-22(30)12-11-19(28-29)24(31)26-17(3)23-25-14-20(27-23)18-7-5-4-6-8-18/h4-10,13-14,17H,11-12H2,1-3H3,(H,25,27)(H,26,31). The molecule has 2 N–H and O–H groups in total. The van der Waals surface area contributed by atoms with Gasteiger partial charge >= 0.3 is 0 Å². The number of hydrogen-bond acceptors (Lipinski definition) is 4. The van der Waals surface area contributed by atoms with Crippen LogP contribution in [0.4, 0.5) is 5.69 Å². The molecule has 1 aromatic heterocycles. The number of hydrazone groups is 1. The molecule has 3 aromatic rings. The minimum absolute atomic E-state index is 0.114. The summed E-state index contributed by atoms with van der Waals surface area (Å²) in [6, 6.07) is 15.4. The highest BCUT2D eigenvalue weighted by Crippen LogP contribution is 2.26. The molecule has 4 rings (SSSR count). The van der Waals surface area contributed by atoms with E-state index < -0.39 is 0 Å². The minimum Gasteiger partial charge on any atom is -0.341 e. The summed E-state index contributed by atoms with van der Waals surface area (Å²) >= 11 is 0. The van der Waals surface area contributed by atoms with Crippen molar-refractivity contribution in [3.8, 4) is 11.3 Å². The number of nitrogens with one attached hydrogen (secondary N) is 2. The van der Waals surface area contributed by atoms with E-state index >= 15 is 0 Å². The lowest BCUT2D eigenvalue weighted by Gasteiger charge is -2.25. The van der Waals surface area contributed by atoms with Crippen LogP contribution in [-0.2, 0) is 9.59 Å². The van der Waals surface area contributed by atoms with E-state index in [1.165, 1.54) is 5.01 Å². The van der Waals surface area contributed by atoms with Gasteiger partial charge in [-0.05, 0) is 43.5 Å². The molecule has 1 atom stereocenters. The van der Waals surface area contributed by atoms with Gasteiger partial charge in [-0.2, -0.15) is 5.10 Å². The number of nitrogens with zero attached hydrogens (tertiary/aromatic N) is 3. The minimum atomic E-state index is -0.334. The van der Waals surface area contributed by atoms with Crippen molar-refractivity contribution in [3.63, 3.8) is 0 Å². The maximum Gasteiger partial charge on any atom is 0.268 e. The third-order valence-electron chi connectivity index (χ3n) is 5.33. The Balaban J connectivity index is 1.51. The molecular formula is C24H25N5O2. The number of anilines is 1. The SMILES string of the molecule is Cc1ccc(C)c(N2N=C(C(=O)NC(C)c3ncc(-c4ccccc4)[nH]3)CCC2=O)c1. The quantitative estimate of drug-likeness (QED) is 0.659. The Morgan fingerprint density at radius 3 is 2.68 bits per heavy atom. The molecule has 1 aliphatic rings. The second-order valence-electron chi connectivity index (χ2n) is 7.79. The van der Waals surface area contributed by atoms with E-state index in [1.54, 1.807) is 6.20 Å². The first-order valence-electron chi connectivity index (χ1n) is 10.3. The molecule has 0 fully saturated rings. The highest BCUT2D eigenvalue weighted by Gasteiger charge is 2.27. The Hall–Kier alpha value is -3.74. The molecule has 0 aliphatic carbocycles. The molecule has 2 amide bonds. The number of aromatic nitrogens is 2. The van der Waals surface area contributed by atoms with Gasteiger partial charge in [-0.25, -0.2) is 9.99 Å². The molecule has 0 saturated carbocycles. The number of hydrogen-bond donors (Lipinski definition) is 2. The first-order valence-corrected chi connectivity index (χ1v) is 10.3. The molecule has 2 aromatic carbocycles. The Kier molecular flexibility index (Phi) is 5.66. The predicted molar refractivity (Wildman–Crippen MR) is 121 cm³/mol. The van der Waals surface area contributed by atoms with Crippen molar-refractivity contribution in [1.29, 1.82) is 0 Å². The maximum atomic E-state index is 12.9. The van der Waals surface area contributed by atoms with E-state index in [9.17, 15) is 9.59 Å². The van der Waals surface area contributed by atoms with Crippen molar-refractivity contribution < 1.29 is 9.59 Å². The Morgan fingerprint density at radius 1 is 1.13 bits per heavy atom. The third-order valence-corrected chi connectivity index (χ3v) is 5.33. The number of imidazole rings is 1. The van der Waals surface area contributed by atoms with Crippen molar-refractivity contribution in [3.05, 3.63) is 71.7 Å². The maximum absolute atomic E-state index is 12.9. The smallest absolute Gasteiger partial charge is 0.268 e. The van der Waals surface area contributed by atoms with Crippen molar-refractivity contribution in [2.45, 2.75) is 39.7 Å². The number of carbonyl (C=O) groups is 2. The van der Waals surface area contributed by atoms with E-state index in [4.69, 9.17) is 0 Å². The first kappa shape index (κ1) is 20.5. The van der Waals surface area contributed by atoms with E-state index in [1.807, 2.05) is 69.3 Å². The second-order valence-corrected chi connectivity index (χ2v) is 7.79. The summed E-state index contributed by atoms with van der Waals surface area (Å²) in [6.45, 7) is 5.75. The molecular weight excluding hydrogens is 390 g/mol. The van der Waals surface area contributed by atoms with Gasteiger partial charge in [-0.3, -0.25) is 9.59 Å². The van der Waals surface area contributed by atoms with Crippen LogP contribution in [0.1, 0.15) is 42.8 Å². The molecule has 0 radical (unpaired) electrons. The van der Waals surface area contributed by atoms with Crippen LogP contribution in [0.5, 0.6) is 0 Å². The number of aryl methyl sites for hydroxylation is 2. The van der Waals surface area contributed by atoms with Gasteiger partial charge in [0.15, 0.2) is 0 Å². The van der Waals surface area contributed by atoms with E-state index in [0.29, 0.717) is 23.6 Å². The van der Waals surface area contributed by atoms with Gasteiger partial charge in [0.05, 0.1) is 23.6 Å². The van der Waals surface area contributed by atoms with Crippen LogP contribution in [0.15, 0.2) is 59.8 Å². The summed E-state index contributed by atoms with van der Waals surface area (Å²) in [7, 11) is 0. The highest BCUT2D eigenvalue weighted by atomic mass is 16.2. The zero-order valence-corrected chi connectivity index (χ0v) is 17.8.